The van der Waals surface area contributed by atoms with Gasteiger partial charge in [0.1, 0.15) is 6.04 Å². The topological polar surface area (TPSA) is 105 Å². The van der Waals surface area contributed by atoms with Gasteiger partial charge in [-0.2, -0.15) is 0 Å². The molecule has 2 aromatic heterocycles. The zero-order valence-corrected chi connectivity index (χ0v) is 14.8. The average molecular weight is 357 g/mol. The third-order valence-electron chi connectivity index (χ3n) is 3.98. The Hall–Kier alpha value is -2.67. The van der Waals surface area contributed by atoms with Gasteiger partial charge in [-0.3, -0.25) is 14.4 Å². The second-order valence-corrected chi connectivity index (χ2v) is 7.46. The van der Waals surface area contributed by atoms with E-state index in [-0.39, 0.29) is 11.5 Å². The molecule has 2 heterocycles. The molecule has 6 nitrogen and oxygen atoms in total. The molecule has 0 aliphatic carbocycles. The number of amides is 2. The Kier molecular flexibility index (Phi) is 4.59. The predicted molar refractivity (Wildman–Crippen MR) is 99.9 cm³/mol. The summed E-state index contributed by atoms with van der Waals surface area (Å²) in [5, 5.41) is 4.03. The number of para-hydroxylation sites is 1. The van der Waals surface area contributed by atoms with Crippen LogP contribution in [0.25, 0.3) is 21.0 Å². The highest BCUT2D eigenvalue weighted by Gasteiger charge is 2.22. The molecule has 7 heteroatoms. The Labute approximate surface area is 148 Å². The van der Waals surface area contributed by atoms with Gasteiger partial charge in [-0.1, -0.05) is 32.0 Å². The number of rotatable bonds is 5. The average Bonchev–Trinajstić information content (AvgIpc) is 3.00. The highest BCUT2D eigenvalue weighted by atomic mass is 32.1. The van der Waals surface area contributed by atoms with Crippen molar-refractivity contribution in [2.24, 2.45) is 11.7 Å². The number of H-pyrrole nitrogens is 1. The molecule has 130 valence electrons. The van der Waals surface area contributed by atoms with Crippen molar-refractivity contribution in [2.75, 3.05) is 0 Å². The van der Waals surface area contributed by atoms with E-state index >= 15 is 0 Å². The van der Waals surface area contributed by atoms with E-state index in [1.54, 1.807) is 6.07 Å². The van der Waals surface area contributed by atoms with Crippen molar-refractivity contribution < 1.29 is 9.59 Å². The van der Waals surface area contributed by atoms with Crippen LogP contribution < -0.4 is 16.6 Å². The molecule has 1 aromatic carbocycles. The van der Waals surface area contributed by atoms with Gasteiger partial charge in [-0.05, 0) is 24.5 Å². The maximum absolute atomic E-state index is 12.5. The van der Waals surface area contributed by atoms with Gasteiger partial charge in [0, 0.05) is 15.6 Å². The number of carbonyl (C=O) groups is 2. The Bertz CT molecular complexity index is 1020. The molecule has 25 heavy (non-hydrogen) atoms. The normalized spacial score (nSPS) is 12.6. The van der Waals surface area contributed by atoms with Crippen LogP contribution in [-0.4, -0.2) is 22.8 Å². The van der Waals surface area contributed by atoms with Crippen LogP contribution in [-0.2, 0) is 4.79 Å². The van der Waals surface area contributed by atoms with E-state index in [0.29, 0.717) is 16.7 Å². The van der Waals surface area contributed by atoms with Crippen molar-refractivity contribution in [1.82, 2.24) is 10.3 Å². The molecule has 1 unspecified atom stereocenters. The Morgan fingerprint density at radius 2 is 1.96 bits per heavy atom. The Morgan fingerprint density at radius 3 is 2.64 bits per heavy atom. The number of benzene rings is 1. The third kappa shape index (κ3) is 3.41. The number of aromatic amines is 1. The first-order chi connectivity index (χ1) is 11.9. The molecule has 0 saturated heterocycles. The lowest BCUT2D eigenvalue weighted by Crippen LogP contribution is -2.45. The number of hydrogen-bond acceptors (Lipinski definition) is 4. The summed E-state index contributed by atoms with van der Waals surface area (Å²) in [6.07, 6.45) is 0.468. The van der Waals surface area contributed by atoms with Gasteiger partial charge >= 0.3 is 0 Å². The summed E-state index contributed by atoms with van der Waals surface area (Å²) >= 11 is 1.24. The van der Waals surface area contributed by atoms with Gasteiger partial charge < -0.3 is 16.0 Å². The number of primary amides is 1. The molecule has 0 radical (unpaired) electrons. The molecule has 0 fully saturated rings. The third-order valence-corrected chi connectivity index (χ3v) is 5.14. The number of aromatic nitrogens is 1. The molecular formula is C18H19N3O3S. The number of hydrogen-bond donors (Lipinski definition) is 3. The molecule has 0 saturated carbocycles. The minimum atomic E-state index is -0.729. The number of nitrogens with two attached hydrogens (primary N) is 1. The number of fused-ring (bicyclic) bond motifs is 3. The summed E-state index contributed by atoms with van der Waals surface area (Å²) in [5.74, 6) is -0.743. The maximum Gasteiger partial charge on any atom is 0.262 e. The highest BCUT2D eigenvalue weighted by molar-refractivity contribution is 7.21. The van der Waals surface area contributed by atoms with Gasteiger partial charge in [0.2, 0.25) is 5.91 Å². The lowest BCUT2D eigenvalue weighted by molar-refractivity contribution is -0.120. The van der Waals surface area contributed by atoms with Crippen molar-refractivity contribution in [2.45, 2.75) is 26.3 Å². The predicted octanol–water partition coefficient (Wildman–Crippen LogP) is 2.37. The summed E-state index contributed by atoms with van der Waals surface area (Å²) in [5.41, 5.74) is 5.87. The van der Waals surface area contributed by atoms with Gasteiger partial charge in [0.05, 0.1) is 10.3 Å². The van der Waals surface area contributed by atoms with Crippen LogP contribution >= 0.6 is 11.3 Å². The minimum absolute atomic E-state index is 0.215. The lowest BCUT2D eigenvalue weighted by Gasteiger charge is -2.16. The van der Waals surface area contributed by atoms with E-state index in [2.05, 4.69) is 10.3 Å². The first-order valence-corrected chi connectivity index (χ1v) is 8.83. The fourth-order valence-electron chi connectivity index (χ4n) is 2.80. The molecule has 0 aliphatic rings. The second kappa shape index (κ2) is 6.68. The van der Waals surface area contributed by atoms with E-state index in [1.165, 1.54) is 11.3 Å². The first kappa shape index (κ1) is 17.2. The van der Waals surface area contributed by atoms with Gasteiger partial charge in [0.25, 0.3) is 11.5 Å². The smallest absolute Gasteiger partial charge is 0.262 e. The zero-order valence-electron chi connectivity index (χ0n) is 14.0. The van der Waals surface area contributed by atoms with E-state index in [1.807, 2.05) is 38.1 Å². The minimum Gasteiger partial charge on any atom is -0.368 e. The molecule has 3 rings (SSSR count). The van der Waals surface area contributed by atoms with Crippen LogP contribution in [0, 0.1) is 5.92 Å². The number of nitrogens with one attached hydrogen (secondary N) is 2. The molecule has 2 amide bonds. The van der Waals surface area contributed by atoms with Crippen LogP contribution in [0.1, 0.15) is 29.9 Å². The number of pyridine rings is 1. The lowest BCUT2D eigenvalue weighted by atomic mass is 10.0. The van der Waals surface area contributed by atoms with Crippen molar-refractivity contribution in [3.63, 3.8) is 0 Å². The summed E-state index contributed by atoms with van der Waals surface area (Å²) in [6.45, 7) is 3.90. The fraction of sp³-hybridized carbons (Fsp3) is 0.278. The van der Waals surface area contributed by atoms with Gasteiger partial charge in [-0.25, -0.2) is 0 Å². The fourth-order valence-corrected chi connectivity index (χ4v) is 3.90. The summed E-state index contributed by atoms with van der Waals surface area (Å²) < 4.78 is 0.754. The standard InChI is InChI=1S/C18H19N3O3S/c1-9(2)7-13(16(19)22)21-18(24)14-8-11-15(25-14)10-5-3-4-6-12(10)20-17(11)23/h3-6,8-9,13H,7H2,1-2H3,(H2,19,22)(H,20,23)(H,21,24). The van der Waals surface area contributed by atoms with E-state index in [9.17, 15) is 14.4 Å². The van der Waals surface area contributed by atoms with E-state index in [4.69, 9.17) is 5.73 Å². The second-order valence-electron chi connectivity index (χ2n) is 6.41. The van der Waals surface area contributed by atoms with Crippen LogP contribution in [0.15, 0.2) is 35.1 Å². The molecule has 1 atom stereocenters. The van der Waals surface area contributed by atoms with E-state index < -0.39 is 17.9 Å². The van der Waals surface area contributed by atoms with Crippen LogP contribution in [0.4, 0.5) is 0 Å². The van der Waals surface area contributed by atoms with Crippen LogP contribution in [0.2, 0.25) is 0 Å². The molecular weight excluding hydrogens is 338 g/mol. The highest BCUT2D eigenvalue weighted by Crippen LogP contribution is 2.29. The van der Waals surface area contributed by atoms with Crippen molar-refractivity contribution in [1.29, 1.82) is 0 Å². The number of carbonyl (C=O) groups excluding carboxylic acids is 2. The van der Waals surface area contributed by atoms with Crippen LogP contribution in [0.5, 0.6) is 0 Å². The zero-order chi connectivity index (χ0) is 18.1. The molecule has 0 aliphatic heterocycles. The van der Waals surface area contributed by atoms with Gasteiger partial charge in [0.15, 0.2) is 0 Å². The Morgan fingerprint density at radius 1 is 1.24 bits per heavy atom. The Balaban J connectivity index is 2.00. The largest absolute Gasteiger partial charge is 0.368 e. The summed E-state index contributed by atoms with van der Waals surface area (Å²) in [6, 6.07) is 8.28. The van der Waals surface area contributed by atoms with Crippen LogP contribution in [0.3, 0.4) is 0 Å². The summed E-state index contributed by atoms with van der Waals surface area (Å²) in [7, 11) is 0. The van der Waals surface area contributed by atoms with Crippen molar-refractivity contribution in [3.8, 4) is 0 Å². The number of thiophene rings is 1. The van der Waals surface area contributed by atoms with E-state index in [0.717, 1.165) is 15.6 Å². The molecule has 0 spiro atoms. The summed E-state index contributed by atoms with van der Waals surface area (Å²) in [4.78, 5) is 39.5. The monoisotopic (exact) mass is 357 g/mol. The van der Waals surface area contributed by atoms with Crippen molar-refractivity contribution >= 4 is 44.1 Å². The first-order valence-electron chi connectivity index (χ1n) is 8.01. The maximum atomic E-state index is 12.5. The molecule has 4 N–H and O–H groups in total. The molecule has 3 aromatic rings. The SMILES string of the molecule is CC(C)CC(NC(=O)c1cc2c(=O)[nH]c3ccccc3c2s1)C(N)=O. The quantitative estimate of drug-likeness (QED) is 0.653. The molecule has 0 bridgehead atoms. The van der Waals surface area contributed by atoms with Gasteiger partial charge in [-0.15, -0.1) is 11.3 Å². The van der Waals surface area contributed by atoms with Crippen molar-refractivity contribution in [3.05, 3.63) is 45.6 Å².